The van der Waals surface area contributed by atoms with Crippen molar-refractivity contribution in [3.63, 3.8) is 0 Å². The second-order valence-electron chi connectivity index (χ2n) is 6.25. The van der Waals surface area contributed by atoms with Gasteiger partial charge in [-0.05, 0) is 45.4 Å². The lowest BCUT2D eigenvalue weighted by Crippen LogP contribution is -2.28. The van der Waals surface area contributed by atoms with Gasteiger partial charge in [-0.3, -0.25) is 14.5 Å². The lowest BCUT2D eigenvalue weighted by Gasteiger charge is -2.10. The second-order valence-corrected chi connectivity index (χ2v) is 6.25. The van der Waals surface area contributed by atoms with Crippen LogP contribution in [-0.2, 0) is 11.3 Å². The summed E-state index contributed by atoms with van der Waals surface area (Å²) < 4.78 is 7.13. The molecule has 1 N–H and O–H groups in total. The summed E-state index contributed by atoms with van der Waals surface area (Å²) in [6, 6.07) is 3.23. The van der Waals surface area contributed by atoms with Gasteiger partial charge in [-0.25, -0.2) is 0 Å². The first kappa shape index (κ1) is 17.8. The van der Waals surface area contributed by atoms with E-state index < -0.39 is 0 Å². The maximum Gasteiger partial charge on any atom is 0.249 e. The van der Waals surface area contributed by atoms with Gasteiger partial charge in [0.2, 0.25) is 17.6 Å². The molecule has 3 rings (SSSR count). The lowest BCUT2D eigenvalue weighted by atomic mass is 10.2. The lowest BCUT2D eigenvalue weighted by molar-refractivity contribution is -0.122. The van der Waals surface area contributed by atoms with E-state index in [2.05, 4.69) is 25.5 Å². The van der Waals surface area contributed by atoms with Gasteiger partial charge in [0.05, 0.1) is 5.69 Å². The van der Waals surface area contributed by atoms with Crippen LogP contribution in [0, 0.1) is 20.8 Å². The highest BCUT2D eigenvalue weighted by atomic mass is 16.5. The van der Waals surface area contributed by atoms with E-state index in [4.69, 9.17) is 4.52 Å². The van der Waals surface area contributed by atoms with Crippen LogP contribution in [0.25, 0.3) is 11.4 Å². The van der Waals surface area contributed by atoms with Crippen LogP contribution in [0.2, 0.25) is 0 Å². The van der Waals surface area contributed by atoms with Crippen LogP contribution in [0.5, 0.6) is 0 Å². The van der Waals surface area contributed by atoms with Gasteiger partial charge in [-0.1, -0.05) is 5.16 Å². The fourth-order valence-corrected chi connectivity index (χ4v) is 2.62. The minimum atomic E-state index is -0.368. The highest BCUT2D eigenvalue weighted by Gasteiger charge is 2.18. The molecule has 26 heavy (non-hydrogen) atoms. The van der Waals surface area contributed by atoms with Gasteiger partial charge in [0.1, 0.15) is 6.04 Å². The number of rotatable bonds is 6. The van der Waals surface area contributed by atoms with Gasteiger partial charge in [-0.15, -0.1) is 0 Å². The quantitative estimate of drug-likeness (QED) is 0.730. The first-order valence-corrected chi connectivity index (χ1v) is 8.49. The third-order valence-corrected chi connectivity index (χ3v) is 4.42. The topological polar surface area (TPSA) is 98.7 Å². The molecule has 3 heterocycles. The van der Waals surface area contributed by atoms with Crippen molar-refractivity contribution in [1.29, 1.82) is 0 Å². The fraction of sp³-hybridized carbons (Fsp3) is 0.389. The van der Waals surface area contributed by atoms with Crippen LogP contribution in [-0.4, -0.2) is 30.8 Å². The Hall–Kier alpha value is -3.03. The largest absolute Gasteiger partial charge is 0.345 e. The van der Waals surface area contributed by atoms with E-state index in [-0.39, 0.29) is 11.9 Å². The number of hydrogen-bond donors (Lipinski definition) is 1. The second kappa shape index (κ2) is 7.47. The van der Waals surface area contributed by atoms with Gasteiger partial charge in [0.25, 0.3) is 0 Å². The zero-order chi connectivity index (χ0) is 18.7. The minimum Gasteiger partial charge on any atom is -0.345 e. The summed E-state index contributed by atoms with van der Waals surface area (Å²) >= 11 is 0. The first-order chi connectivity index (χ1) is 12.5. The van der Waals surface area contributed by atoms with Gasteiger partial charge in [-0.2, -0.15) is 10.1 Å². The van der Waals surface area contributed by atoms with E-state index in [0.29, 0.717) is 24.7 Å². The number of aromatic nitrogens is 5. The standard InChI is InChI=1S/C18H22N6O2/c1-11-12(2)22-24(14(11)4)10-7-16(25)20-13(3)18-21-17(23-26-18)15-5-8-19-9-6-15/h5-6,8-9,13H,7,10H2,1-4H3,(H,20,25). The Balaban J connectivity index is 1.57. The molecule has 0 fully saturated rings. The van der Waals surface area contributed by atoms with Crippen molar-refractivity contribution in [2.24, 2.45) is 0 Å². The summed E-state index contributed by atoms with van der Waals surface area (Å²) in [6.07, 6.45) is 3.66. The monoisotopic (exact) mass is 354 g/mol. The highest BCUT2D eigenvalue weighted by Crippen LogP contribution is 2.18. The number of nitrogens with zero attached hydrogens (tertiary/aromatic N) is 5. The maximum atomic E-state index is 12.2. The summed E-state index contributed by atoms with van der Waals surface area (Å²) in [4.78, 5) is 20.5. The third kappa shape index (κ3) is 3.79. The highest BCUT2D eigenvalue weighted by molar-refractivity contribution is 5.76. The Morgan fingerprint density at radius 2 is 2.00 bits per heavy atom. The van der Waals surface area contributed by atoms with E-state index >= 15 is 0 Å². The molecule has 8 nitrogen and oxygen atoms in total. The molecule has 0 spiro atoms. The van der Waals surface area contributed by atoms with Crippen molar-refractivity contribution >= 4 is 5.91 Å². The van der Waals surface area contributed by atoms with Crippen LogP contribution >= 0.6 is 0 Å². The maximum absolute atomic E-state index is 12.2. The molecule has 0 aliphatic heterocycles. The van der Waals surface area contributed by atoms with Crippen LogP contribution in [0.4, 0.5) is 0 Å². The third-order valence-electron chi connectivity index (χ3n) is 4.42. The number of carbonyl (C=O) groups excluding carboxylic acids is 1. The average molecular weight is 354 g/mol. The van der Waals surface area contributed by atoms with Crippen LogP contribution in [0.3, 0.4) is 0 Å². The van der Waals surface area contributed by atoms with Gasteiger partial charge < -0.3 is 9.84 Å². The number of hydrogen-bond acceptors (Lipinski definition) is 6. The van der Waals surface area contributed by atoms with Crippen molar-refractivity contribution in [2.45, 2.75) is 46.7 Å². The molecular weight excluding hydrogens is 332 g/mol. The number of carbonyl (C=O) groups is 1. The molecule has 3 aromatic heterocycles. The molecule has 136 valence electrons. The summed E-state index contributed by atoms with van der Waals surface area (Å²) in [5, 5.41) is 11.3. The summed E-state index contributed by atoms with van der Waals surface area (Å²) in [5.41, 5.74) is 4.05. The zero-order valence-electron chi connectivity index (χ0n) is 15.4. The average Bonchev–Trinajstić information content (AvgIpc) is 3.22. The van der Waals surface area contributed by atoms with E-state index in [1.54, 1.807) is 24.5 Å². The smallest absolute Gasteiger partial charge is 0.249 e. The van der Waals surface area contributed by atoms with Gasteiger partial charge >= 0.3 is 0 Å². The molecule has 0 aliphatic carbocycles. The molecule has 0 saturated carbocycles. The number of nitrogens with one attached hydrogen (secondary N) is 1. The predicted octanol–water partition coefficient (Wildman–Crippen LogP) is 2.52. The predicted molar refractivity (Wildman–Crippen MR) is 95.1 cm³/mol. The van der Waals surface area contributed by atoms with Crippen LogP contribution < -0.4 is 5.32 Å². The molecule has 8 heteroatoms. The number of pyridine rings is 1. The van der Waals surface area contributed by atoms with Crippen LogP contribution in [0.1, 0.15) is 42.2 Å². The number of aryl methyl sites for hydroxylation is 2. The zero-order valence-corrected chi connectivity index (χ0v) is 15.4. The van der Waals surface area contributed by atoms with E-state index in [1.165, 1.54) is 0 Å². The van der Waals surface area contributed by atoms with Crippen molar-refractivity contribution in [2.75, 3.05) is 0 Å². The van der Waals surface area contributed by atoms with E-state index in [1.807, 2.05) is 32.4 Å². The molecule has 0 radical (unpaired) electrons. The Labute approximate surface area is 151 Å². The first-order valence-electron chi connectivity index (χ1n) is 8.49. The summed E-state index contributed by atoms with van der Waals surface area (Å²) in [5.74, 6) is 0.750. The molecule has 0 aromatic carbocycles. The Morgan fingerprint density at radius 1 is 1.27 bits per heavy atom. The molecule has 0 bridgehead atoms. The number of amides is 1. The van der Waals surface area contributed by atoms with Gasteiger partial charge in [0, 0.05) is 36.6 Å². The van der Waals surface area contributed by atoms with Crippen molar-refractivity contribution in [3.8, 4) is 11.4 Å². The molecular formula is C18H22N6O2. The molecule has 0 aliphatic rings. The molecule has 1 amide bonds. The Bertz CT molecular complexity index is 900. The van der Waals surface area contributed by atoms with Crippen molar-refractivity contribution in [1.82, 2.24) is 30.2 Å². The van der Waals surface area contributed by atoms with Crippen LogP contribution in [0.15, 0.2) is 29.0 Å². The fourth-order valence-electron chi connectivity index (χ4n) is 2.62. The minimum absolute atomic E-state index is 0.0913. The van der Waals surface area contributed by atoms with Crippen molar-refractivity contribution < 1.29 is 9.32 Å². The molecule has 3 aromatic rings. The van der Waals surface area contributed by atoms with E-state index in [0.717, 1.165) is 22.5 Å². The summed E-state index contributed by atoms with van der Waals surface area (Å²) in [6.45, 7) is 8.36. The summed E-state index contributed by atoms with van der Waals surface area (Å²) in [7, 11) is 0. The van der Waals surface area contributed by atoms with Crippen molar-refractivity contribution in [3.05, 3.63) is 47.4 Å². The van der Waals surface area contributed by atoms with Gasteiger partial charge in [0.15, 0.2) is 0 Å². The SMILES string of the molecule is Cc1nn(CCC(=O)NC(C)c2nc(-c3ccncc3)no2)c(C)c1C. The Morgan fingerprint density at radius 3 is 2.65 bits per heavy atom. The molecule has 0 saturated heterocycles. The molecule has 1 atom stereocenters. The molecule has 1 unspecified atom stereocenters. The Kier molecular flexibility index (Phi) is 5.11. The normalized spacial score (nSPS) is 12.2. The van der Waals surface area contributed by atoms with E-state index in [9.17, 15) is 4.79 Å².